The highest BCUT2D eigenvalue weighted by molar-refractivity contribution is 8.00. The van der Waals surface area contributed by atoms with Crippen molar-refractivity contribution in [2.24, 2.45) is 11.3 Å². The summed E-state index contributed by atoms with van der Waals surface area (Å²) in [6.45, 7) is 12.7. The fraction of sp³-hybridized carbons (Fsp3) is 0.480. The quantitative estimate of drug-likeness (QED) is 0.630. The van der Waals surface area contributed by atoms with Crippen molar-refractivity contribution in [3.8, 4) is 6.07 Å². The number of thioether (sulfide) groups is 1. The van der Waals surface area contributed by atoms with Gasteiger partial charge < -0.3 is 5.32 Å². The molecule has 1 heterocycles. The Balaban J connectivity index is 1.76. The zero-order valence-electron chi connectivity index (χ0n) is 18.8. The van der Waals surface area contributed by atoms with Crippen LogP contribution in [0.25, 0.3) is 0 Å². The van der Waals surface area contributed by atoms with Crippen LogP contribution in [0.15, 0.2) is 29.3 Å². The number of rotatable bonds is 4. The van der Waals surface area contributed by atoms with E-state index in [0.29, 0.717) is 16.5 Å². The Labute approximate surface area is 184 Å². The molecule has 1 aliphatic rings. The van der Waals surface area contributed by atoms with E-state index in [4.69, 9.17) is 4.98 Å². The molecule has 0 fully saturated rings. The van der Waals surface area contributed by atoms with E-state index in [0.717, 1.165) is 36.2 Å². The normalized spacial score (nSPS) is 17.0. The summed E-state index contributed by atoms with van der Waals surface area (Å²) in [6, 6.07) is 10.3. The Morgan fingerprint density at radius 2 is 2.03 bits per heavy atom. The van der Waals surface area contributed by atoms with E-state index < -0.39 is 0 Å². The van der Waals surface area contributed by atoms with Gasteiger partial charge in [-0.25, -0.2) is 4.98 Å². The van der Waals surface area contributed by atoms with Crippen LogP contribution in [0.5, 0.6) is 0 Å². The lowest BCUT2D eigenvalue weighted by molar-refractivity contribution is -0.115. The van der Waals surface area contributed by atoms with Gasteiger partial charge in [-0.05, 0) is 74.6 Å². The van der Waals surface area contributed by atoms with Gasteiger partial charge in [-0.15, -0.1) is 0 Å². The summed E-state index contributed by atoms with van der Waals surface area (Å²) in [5.41, 5.74) is 6.12. The second-order valence-electron chi connectivity index (χ2n) is 9.43. The first-order valence-electron chi connectivity index (χ1n) is 10.6. The van der Waals surface area contributed by atoms with E-state index in [1.165, 1.54) is 22.9 Å². The number of amides is 1. The van der Waals surface area contributed by atoms with E-state index >= 15 is 0 Å². The summed E-state index contributed by atoms with van der Waals surface area (Å²) in [6.07, 6.45) is 3.01. The number of benzene rings is 1. The van der Waals surface area contributed by atoms with Crippen LogP contribution in [-0.4, -0.2) is 16.1 Å². The van der Waals surface area contributed by atoms with Gasteiger partial charge in [-0.3, -0.25) is 4.79 Å². The lowest BCUT2D eigenvalue weighted by Crippen LogP contribution is -2.28. The van der Waals surface area contributed by atoms with Crippen LogP contribution < -0.4 is 5.32 Å². The number of carbonyl (C=O) groups is 1. The van der Waals surface area contributed by atoms with Crippen LogP contribution in [0.4, 0.5) is 5.69 Å². The molecule has 0 saturated heterocycles. The van der Waals surface area contributed by atoms with Crippen molar-refractivity contribution in [1.82, 2.24) is 4.98 Å². The molecule has 3 rings (SSSR count). The van der Waals surface area contributed by atoms with Crippen LogP contribution in [0, 0.1) is 36.5 Å². The Kier molecular flexibility index (Phi) is 6.57. The number of hydrogen-bond donors (Lipinski definition) is 1. The van der Waals surface area contributed by atoms with Gasteiger partial charge in [-0.2, -0.15) is 5.26 Å². The number of pyridine rings is 1. The molecule has 158 valence electrons. The molecule has 30 heavy (non-hydrogen) atoms. The fourth-order valence-electron chi connectivity index (χ4n) is 3.96. The molecule has 1 aromatic carbocycles. The summed E-state index contributed by atoms with van der Waals surface area (Å²) in [7, 11) is 0. The SMILES string of the molecule is Cc1ccc(NC(=O)C(C)Sc2nc3c(cc2C#N)CC(C(C)(C)C)CC3)c(C)c1. The number of aromatic nitrogens is 1. The summed E-state index contributed by atoms with van der Waals surface area (Å²) in [5, 5.41) is 13.0. The van der Waals surface area contributed by atoms with Gasteiger partial charge in [-0.1, -0.05) is 50.2 Å². The summed E-state index contributed by atoms with van der Waals surface area (Å²) in [5.74, 6) is 0.516. The van der Waals surface area contributed by atoms with Crippen molar-refractivity contribution in [3.63, 3.8) is 0 Å². The molecule has 0 aliphatic heterocycles. The van der Waals surface area contributed by atoms with Gasteiger partial charge in [0, 0.05) is 11.4 Å². The number of nitrogens with one attached hydrogen (secondary N) is 1. The van der Waals surface area contributed by atoms with Crippen molar-refractivity contribution in [2.45, 2.75) is 71.1 Å². The van der Waals surface area contributed by atoms with Crippen LogP contribution in [-0.2, 0) is 17.6 Å². The number of nitriles is 1. The first-order chi connectivity index (χ1) is 14.1. The van der Waals surface area contributed by atoms with E-state index in [2.05, 4.69) is 38.2 Å². The zero-order valence-corrected chi connectivity index (χ0v) is 19.6. The minimum Gasteiger partial charge on any atom is -0.325 e. The van der Waals surface area contributed by atoms with Crippen LogP contribution in [0.1, 0.15) is 62.1 Å². The molecule has 2 aromatic rings. The Morgan fingerprint density at radius 1 is 1.30 bits per heavy atom. The maximum absolute atomic E-state index is 12.8. The van der Waals surface area contributed by atoms with Gasteiger partial charge in [0.1, 0.15) is 11.1 Å². The number of aryl methyl sites for hydroxylation is 3. The molecule has 1 N–H and O–H groups in total. The molecule has 1 aliphatic carbocycles. The van der Waals surface area contributed by atoms with Crippen molar-refractivity contribution >= 4 is 23.4 Å². The van der Waals surface area contributed by atoms with Crippen molar-refractivity contribution < 1.29 is 4.79 Å². The molecular weight excluding hydrogens is 390 g/mol. The van der Waals surface area contributed by atoms with E-state index in [9.17, 15) is 10.1 Å². The molecule has 0 saturated carbocycles. The third kappa shape index (κ3) is 5.05. The highest BCUT2D eigenvalue weighted by atomic mass is 32.2. The van der Waals surface area contributed by atoms with Crippen molar-refractivity contribution in [1.29, 1.82) is 5.26 Å². The van der Waals surface area contributed by atoms with Gasteiger partial charge in [0.2, 0.25) is 5.91 Å². The molecule has 0 radical (unpaired) electrons. The minimum atomic E-state index is -0.353. The standard InChI is InChI=1S/C25H31N3OS/c1-15-7-9-21(16(2)11-15)27-23(29)17(3)30-24-19(14-26)12-18-13-20(25(4,5)6)8-10-22(18)28-24/h7,9,11-12,17,20H,8,10,13H2,1-6H3,(H,27,29). The molecule has 2 atom stereocenters. The lowest BCUT2D eigenvalue weighted by Gasteiger charge is -2.34. The number of hydrogen-bond acceptors (Lipinski definition) is 4. The van der Waals surface area contributed by atoms with Gasteiger partial charge in [0.05, 0.1) is 10.8 Å². The van der Waals surface area contributed by atoms with Gasteiger partial charge in [0.15, 0.2) is 0 Å². The molecule has 2 unspecified atom stereocenters. The minimum absolute atomic E-state index is 0.0804. The second kappa shape index (κ2) is 8.81. The molecular formula is C25H31N3OS. The fourth-order valence-corrected chi connectivity index (χ4v) is 4.86. The number of carbonyl (C=O) groups excluding carboxylic acids is 1. The van der Waals surface area contributed by atoms with E-state index in [-0.39, 0.29) is 16.6 Å². The highest BCUT2D eigenvalue weighted by Crippen LogP contribution is 2.38. The first kappa shape index (κ1) is 22.4. The van der Waals surface area contributed by atoms with Gasteiger partial charge >= 0.3 is 0 Å². The summed E-state index contributed by atoms with van der Waals surface area (Å²) >= 11 is 1.36. The smallest absolute Gasteiger partial charge is 0.237 e. The Morgan fingerprint density at radius 3 is 2.67 bits per heavy atom. The van der Waals surface area contributed by atoms with Crippen molar-refractivity contribution in [3.05, 3.63) is 52.2 Å². The monoisotopic (exact) mass is 421 g/mol. The first-order valence-corrected chi connectivity index (χ1v) is 11.4. The molecule has 1 amide bonds. The summed E-state index contributed by atoms with van der Waals surface area (Å²) in [4.78, 5) is 17.6. The topological polar surface area (TPSA) is 65.8 Å². The second-order valence-corrected chi connectivity index (χ2v) is 10.8. The highest BCUT2D eigenvalue weighted by Gasteiger charge is 2.30. The molecule has 0 bridgehead atoms. The van der Waals surface area contributed by atoms with Crippen molar-refractivity contribution in [2.75, 3.05) is 5.32 Å². The third-order valence-electron chi connectivity index (χ3n) is 5.99. The summed E-state index contributed by atoms with van der Waals surface area (Å²) < 4.78 is 0. The average Bonchev–Trinajstić information content (AvgIpc) is 2.68. The Bertz CT molecular complexity index is 1000. The van der Waals surface area contributed by atoms with Crippen LogP contribution in [0.3, 0.4) is 0 Å². The Hall–Kier alpha value is -2.32. The number of nitrogens with zero attached hydrogens (tertiary/aromatic N) is 2. The molecule has 5 heteroatoms. The zero-order chi connectivity index (χ0) is 22.1. The number of anilines is 1. The predicted molar refractivity (Wildman–Crippen MR) is 124 cm³/mol. The van der Waals surface area contributed by atoms with Crippen LogP contribution >= 0.6 is 11.8 Å². The molecule has 4 nitrogen and oxygen atoms in total. The lowest BCUT2D eigenvalue weighted by atomic mass is 9.71. The van der Waals surface area contributed by atoms with Crippen LogP contribution in [0.2, 0.25) is 0 Å². The number of fused-ring (bicyclic) bond motifs is 1. The maximum atomic E-state index is 12.8. The molecule has 1 aromatic heterocycles. The molecule has 0 spiro atoms. The maximum Gasteiger partial charge on any atom is 0.237 e. The predicted octanol–water partition coefficient (Wildman–Crippen LogP) is 5.84. The van der Waals surface area contributed by atoms with E-state index in [1.807, 2.05) is 39.0 Å². The van der Waals surface area contributed by atoms with E-state index in [1.54, 1.807) is 0 Å². The largest absolute Gasteiger partial charge is 0.325 e. The van der Waals surface area contributed by atoms with Gasteiger partial charge in [0.25, 0.3) is 0 Å². The third-order valence-corrected chi connectivity index (χ3v) is 7.10. The average molecular weight is 422 g/mol.